The Morgan fingerprint density at radius 2 is 1.24 bits per heavy atom. The van der Waals surface area contributed by atoms with Gasteiger partial charge in [-0.2, -0.15) is 0 Å². The largest absolute Gasteiger partial charge is 0.369 e. The van der Waals surface area contributed by atoms with Crippen molar-refractivity contribution in [2.24, 2.45) is 5.41 Å². The summed E-state index contributed by atoms with van der Waals surface area (Å²) >= 11 is 0. The molecule has 5 rings (SSSR count). The first kappa shape index (κ1) is 23.8. The Bertz CT molecular complexity index is 906. The minimum atomic E-state index is -0.335. The summed E-state index contributed by atoms with van der Waals surface area (Å²) in [4.78, 5) is 4.81. The number of piperazine rings is 1. The van der Waals surface area contributed by atoms with Crippen molar-refractivity contribution in [1.82, 2.24) is 4.90 Å². The highest BCUT2D eigenvalue weighted by Gasteiger charge is 2.42. The highest BCUT2D eigenvalue weighted by molar-refractivity contribution is 5.48. The standard InChI is InChI=1S/C28H38N2O4/c1-4-21(2)22-5-7-23(8-6-22)26-31-17-28(18-32-26)19-33-27(34-20-28)24-9-11-25(12-10-24)30-15-13-29(3)14-16-30/h5-12,21,26-27H,4,13-20H2,1-3H3. The fourth-order valence-electron chi connectivity index (χ4n) is 4.87. The van der Waals surface area contributed by atoms with Gasteiger partial charge < -0.3 is 28.7 Å². The van der Waals surface area contributed by atoms with Gasteiger partial charge in [-0.3, -0.25) is 0 Å². The lowest BCUT2D eigenvalue weighted by molar-refractivity contribution is -0.307. The van der Waals surface area contributed by atoms with Gasteiger partial charge >= 0.3 is 0 Å². The third-order valence-electron chi connectivity index (χ3n) is 7.59. The van der Waals surface area contributed by atoms with Gasteiger partial charge in [0, 0.05) is 43.0 Å². The summed E-state index contributed by atoms with van der Waals surface area (Å²) in [6.45, 7) is 11.1. The number of benzene rings is 2. The van der Waals surface area contributed by atoms with Crippen molar-refractivity contribution < 1.29 is 18.9 Å². The number of likely N-dealkylation sites (N-methyl/N-ethyl adjacent to an activating group) is 1. The summed E-state index contributed by atoms with van der Waals surface area (Å²) in [6, 6.07) is 17.2. The fraction of sp³-hybridized carbons (Fsp3) is 0.571. The molecule has 3 fully saturated rings. The molecular weight excluding hydrogens is 428 g/mol. The molecule has 0 saturated carbocycles. The van der Waals surface area contributed by atoms with Crippen LogP contribution >= 0.6 is 0 Å². The summed E-state index contributed by atoms with van der Waals surface area (Å²) in [5.74, 6) is 0.568. The minimum Gasteiger partial charge on any atom is -0.369 e. The van der Waals surface area contributed by atoms with Gasteiger partial charge in [-0.05, 0) is 37.1 Å². The first-order valence-electron chi connectivity index (χ1n) is 12.6. The molecule has 0 radical (unpaired) electrons. The van der Waals surface area contributed by atoms with Crippen LogP contribution in [0.4, 0.5) is 5.69 Å². The van der Waals surface area contributed by atoms with E-state index in [-0.39, 0.29) is 18.0 Å². The van der Waals surface area contributed by atoms with Crippen molar-refractivity contribution in [2.75, 3.05) is 64.6 Å². The van der Waals surface area contributed by atoms with E-state index in [1.165, 1.54) is 11.3 Å². The fourth-order valence-corrected chi connectivity index (χ4v) is 4.87. The Balaban J connectivity index is 1.12. The molecule has 3 aliphatic rings. The number of ether oxygens (including phenoxy) is 4. The van der Waals surface area contributed by atoms with Crippen LogP contribution in [0.1, 0.15) is 55.5 Å². The van der Waals surface area contributed by atoms with Gasteiger partial charge in [0.2, 0.25) is 0 Å². The lowest BCUT2D eigenvalue weighted by Crippen LogP contribution is -2.49. The smallest absolute Gasteiger partial charge is 0.183 e. The molecular formula is C28H38N2O4. The second-order valence-corrected chi connectivity index (χ2v) is 10.3. The highest BCUT2D eigenvalue weighted by atomic mass is 16.7. The van der Waals surface area contributed by atoms with E-state index in [1.807, 2.05) is 0 Å². The normalized spacial score (nSPS) is 29.3. The first-order chi connectivity index (χ1) is 16.5. The Labute approximate surface area is 203 Å². The van der Waals surface area contributed by atoms with Crippen molar-refractivity contribution in [2.45, 2.75) is 38.8 Å². The molecule has 34 heavy (non-hydrogen) atoms. The maximum absolute atomic E-state index is 6.15. The molecule has 2 aromatic rings. The van der Waals surface area contributed by atoms with Crippen molar-refractivity contribution in [3.8, 4) is 0 Å². The molecule has 1 spiro atoms. The molecule has 6 nitrogen and oxygen atoms in total. The number of hydrogen-bond donors (Lipinski definition) is 0. The van der Waals surface area contributed by atoms with Crippen LogP contribution in [0.5, 0.6) is 0 Å². The van der Waals surface area contributed by atoms with E-state index < -0.39 is 0 Å². The Hall–Kier alpha value is -1.96. The van der Waals surface area contributed by atoms with E-state index in [0.717, 1.165) is 43.7 Å². The maximum Gasteiger partial charge on any atom is 0.183 e. The number of rotatable bonds is 5. The van der Waals surface area contributed by atoms with Crippen LogP contribution in [0.2, 0.25) is 0 Å². The summed E-state index contributed by atoms with van der Waals surface area (Å²) < 4.78 is 24.5. The molecule has 184 valence electrons. The molecule has 1 unspecified atom stereocenters. The van der Waals surface area contributed by atoms with E-state index in [9.17, 15) is 0 Å². The minimum absolute atomic E-state index is 0.247. The second kappa shape index (κ2) is 10.3. The van der Waals surface area contributed by atoms with Gasteiger partial charge in [0.15, 0.2) is 12.6 Å². The summed E-state index contributed by atoms with van der Waals surface area (Å²) in [5.41, 5.74) is 4.50. The van der Waals surface area contributed by atoms with Gasteiger partial charge in [-0.25, -0.2) is 0 Å². The first-order valence-corrected chi connectivity index (χ1v) is 12.6. The van der Waals surface area contributed by atoms with Gasteiger partial charge in [-0.15, -0.1) is 0 Å². The molecule has 3 saturated heterocycles. The molecule has 3 aliphatic heterocycles. The molecule has 3 heterocycles. The van der Waals surface area contributed by atoms with Crippen LogP contribution in [0.3, 0.4) is 0 Å². The summed E-state index contributed by atoms with van der Waals surface area (Å²) in [7, 11) is 2.18. The van der Waals surface area contributed by atoms with Crippen LogP contribution in [-0.4, -0.2) is 64.6 Å². The van der Waals surface area contributed by atoms with Gasteiger partial charge in [0.25, 0.3) is 0 Å². The Morgan fingerprint density at radius 1 is 0.765 bits per heavy atom. The average molecular weight is 467 g/mol. The Kier molecular flexibility index (Phi) is 7.23. The van der Waals surface area contributed by atoms with E-state index >= 15 is 0 Å². The van der Waals surface area contributed by atoms with Gasteiger partial charge in [-0.1, -0.05) is 50.2 Å². The third-order valence-corrected chi connectivity index (χ3v) is 7.59. The maximum atomic E-state index is 6.15. The SMILES string of the molecule is CCC(C)c1ccc(C2OCC3(CO2)COC(c2ccc(N4CCN(C)CC4)cc2)OC3)cc1. The topological polar surface area (TPSA) is 43.4 Å². The van der Waals surface area contributed by atoms with E-state index in [2.05, 4.69) is 79.2 Å². The van der Waals surface area contributed by atoms with Crippen LogP contribution in [-0.2, 0) is 18.9 Å². The molecule has 0 amide bonds. The highest BCUT2D eigenvalue weighted by Crippen LogP contribution is 2.38. The second-order valence-electron chi connectivity index (χ2n) is 10.3. The predicted octanol–water partition coefficient (Wildman–Crippen LogP) is 4.73. The van der Waals surface area contributed by atoms with Crippen LogP contribution in [0.25, 0.3) is 0 Å². The van der Waals surface area contributed by atoms with Crippen LogP contribution < -0.4 is 4.90 Å². The lowest BCUT2D eigenvalue weighted by Gasteiger charge is -2.43. The molecule has 0 N–H and O–H groups in total. The zero-order valence-electron chi connectivity index (χ0n) is 20.7. The predicted molar refractivity (Wildman–Crippen MR) is 133 cm³/mol. The number of hydrogen-bond acceptors (Lipinski definition) is 6. The van der Waals surface area contributed by atoms with Crippen molar-refractivity contribution in [1.29, 1.82) is 0 Å². The molecule has 0 aromatic heterocycles. The van der Waals surface area contributed by atoms with Crippen molar-refractivity contribution >= 4 is 5.69 Å². The van der Waals surface area contributed by atoms with Gasteiger partial charge in [0.1, 0.15) is 0 Å². The van der Waals surface area contributed by atoms with Crippen LogP contribution in [0, 0.1) is 5.41 Å². The van der Waals surface area contributed by atoms with Crippen LogP contribution in [0.15, 0.2) is 48.5 Å². The lowest BCUT2D eigenvalue weighted by atomic mass is 9.90. The number of nitrogens with zero attached hydrogens (tertiary/aromatic N) is 2. The summed E-state index contributed by atoms with van der Waals surface area (Å²) in [6.07, 6.45) is 0.481. The van der Waals surface area contributed by atoms with Gasteiger partial charge in [0.05, 0.1) is 31.8 Å². The molecule has 6 heteroatoms. The number of anilines is 1. The molecule has 0 bridgehead atoms. The third kappa shape index (κ3) is 5.16. The zero-order chi connectivity index (χ0) is 23.5. The summed E-state index contributed by atoms with van der Waals surface area (Å²) in [5, 5.41) is 0. The zero-order valence-corrected chi connectivity index (χ0v) is 20.7. The van der Waals surface area contributed by atoms with Crippen molar-refractivity contribution in [3.05, 3.63) is 65.2 Å². The molecule has 1 atom stereocenters. The monoisotopic (exact) mass is 466 g/mol. The Morgan fingerprint density at radius 3 is 1.71 bits per heavy atom. The van der Waals surface area contributed by atoms with E-state index in [1.54, 1.807) is 0 Å². The van der Waals surface area contributed by atoms with E-state index in [4.69, 9.17) is 18.9 Å². The average Bonchev–Trinajstić information content (AvgIpc) is 2.90. The molecule has 0 aliphatic carbocycles. The van der Waals surface area contributed by atoms with Crippen molar-refractivity contribution in [3.63, 3.8) is 0 Å². The van der Waals surface area contributed by atoms with E-state index in [0.29, 0.717) is 32.3 Å². The molecule has 2 aromatic carbocycles. The quantitative estimate of drug-likeness (QED) is 0.635.